The fourth-order valence-corrected chi connectivity index (χ4v) is 2.54. The van der Waals surface area contributed by atoms with Crippen molar-refractivity contribution in [3.05, 3.63) is 29.8 Å². The van der Waals surface area contributed by atoms with Gasteiger partial charge in [0.15, 0.2) is 0 Å². The molecule has 2 rings (SSSR count). The van der Waals surface area contributed by atoms with Gasteiger partial charge in [-0.1, -0.05) is 6.92 Å². The molecule has 0 unspecified atom stereocenters. The second-order valence-corrected chi connectivity index (χ2v) is 5.00. The Morgan fingerprint density at radius 3 is 2.37 bits per heavy atom. The predicted octanol–water partition coefficient (Wildman–Crippen LogP) is 2.68. The van der Waals surface area contributed by atoms with Crippen molar-refractivity contribution in [2.45, 2.75) is 26.2 Å². The lowest BCUT2D eigenvalue weighted by Crippen LogP contribution is -2.44. The van der Waals surface area contributed by atoms with Gasteiger partial charge in [-0.2, -0.15) is 0 Å². The number of carbonyl (C=O) groups excluding carboxylic acids is 1. The van der Waals surface area contributed by atoms with Crippen LogP contribution >= 0.6 is 0 Å². The van der Waals surface area contributed by atoms with E-state index in [9.17, 15) is 13.6 Å². The highest BCUT2D eigenvalue weighted by atomic mass is 19.1. The summed E-state index contributed by atoms with van der Waals surface area (Å²) in [6, 6.07) is 3.05. The topological polar surface area (TPSA) is 41.1 Å². The van der Waals surface area contributed by atoms with Crippen LogP contribution in [-0.2, 0) is 4.79 Å². The lowest BCUT2D eigenvalue weighted by atomic mass is 9.76. The van der Waals surface area contributed by atoms with E-state index in [0.717, 1.165) is 50.6 Å². The van der Waals surface area contributed by atoms with Gasteiger partial charge < -0.3 is 10.6 Å². The molecule has 0 spiro atoms. The van der Waals surface area contributed by atoms with E-state index in [-0.39, 0.29) is 11.6 Å². The molecule has 0 saturated carbocycles. The smallest absolute Gasteiger partial charge is 0.230 e. The summed E-state index contributed by atoms with van der Waals surface area (Å²) >= 11 is 0. The first-order valence-electron chi connectivity index (χ1n) is 6.54. The van der Waals surface area contributed by atoms with Gasteiger partial charge in [-0.05, 0) is 44.5 Å². The monoisotopic (exact) mass is 268 g/mol. The second kappa shape index (κ2) is 5.65. The Kier molecular flexibility index (Phi) is 4.14. The van der Waals surface area contributed by atoms with Crippen LogP contribution in [0.2, 0.25) is 0 Å². The molecule has 1 saturated heterocycles. The number of hydrogen-bond donors (Lipinski definition) is 2. The number of nitrogens with one attached hydrogen (secondary N) is 2. The van der Waals surface area contributed by atoms with E-state index in [1.807, 2.05) is 6.92 Å². The largest absolute Gasteiger partial charge is 0.325 e. The molecule has 1 aromatic carbocycles. The molecular formula is C14H18F2N2O. The van der Waals surface area contributed by atoms with Gasteiger partial charge in [-0.15, -0.1) is 0 Å². The van der Waals surface area contributed by atoms with Crippen molar-refractivity contribution in [2.75, 3.05) is 18.4 Å². The minimum Gasteiger partial charge on any atom is -0.325 e. The van der Waals surface area contributed by atoms with E-state index in [1.54, 1.807) is 0 Å². The Morgan fingerprint density at radius 1 is 1.26 bits per heavy atom. The molecule has 1 heterocycles. The summed E-state index contributed by atoms with van der Waals surface area (Å²) in [5.74, 6) is -1.53. The van der Waals surface area contributed by atoms with E-state index in [4.69, 9.17) is 0 Å². The Labute approximate surface area is 111 Å². The van der Waals surface area contributed by atoms with Crippen LogP contribution in [0, 0.1) is 17.0 Å². The van der Waals surface area contributed by atoms with Crippen molar-refractivity contribution in [1.29, 1.82) is 0 Å². The average Bonchev–Trinajstić information content (AvgIpc) is 2.38. The van der Waals surface area contributed by atoms with Gasteiger partial charge >= 0.3 is 0 Å². The van der Waals surface area contributed by atoms with E-state index in [0.29, 0.717) is 0 Å². The second-order valence-electron chi connectivity index (χ2n) is 5.00. The Hall–Kier alpha value is -1.49. The summed E-state index contributed by atoms with van der Waals surface area (Å²) in [7, 11) is 0. The van der Waals surface area contributed by atoms with Crippen LogP contribution in [0.3, 0.4) is 0 Å². The van der Waals surface area contributed by atoms with Gasteiger partial charge in [0.1, 0.15) is 11.6 Å². The quantitative estimate of drug-likeness (QED) is 0.885. The van der Waals surface area contributed by atoms with Crippen molar-refractivity contribution >= 4 is 11.6 Å². The highest BCUT2D eigenvalue weighted by Gasteiger charge is 2.37. The molecule has 0 radical (unpaired) electrons. The van der Waals surface area contributed by atoms with Crippen LogP contribution in [-0.4, -0.2) is 19.0 Å². The summed E-state index contributed by atoms with van der Waals surface area (Å²) in [6.07, 6.45) is 2.21. The van der Waals surface area contributed by atoms with Gasteiger partial charge in [-0.25, -0.2) is 8.78 Å². The van der Waals surface area contributed by atoms with Crippen molar-refractivity contribution < 1.29 is 13.6 Å². The summed E-state index contributed by atoms with van der Waals surface area (Å²) in [5, 5.41) is 5.85. The predicted molar refractivity (Wildman–Crippen MR) is 69.8 cm³/mol. The molecule has 0 aliphatic carbocycles. The molecule has 19 heavy (non-hydrogen) atoms. The number of carbonyl (C=O) groups is 1. The molecule has 1 aromatic rings. The highest BCUT2D eigenvalue weighted by Crippen LogP contribution is 2.34. The van der Waals surface area contributed by atoms with Crippen LogP contribution in [0.15, 0.2) is 18.2 Å². The van der Waals surface area contributed by atoms with Crippen LogP contribution in [0.4, 0.5) is 14.5 Å². The van der Waals surface area contributed by atoms with Gasteiger partial charge in [0.2, 0.25) is 5.91 Å². The third-order valence-electron chi connectivity index (χ3n) is 3.84. The van der Waals surface area contributed by atoms with Gasteiger partial charge in [-0.3, -0.25) is 4.79 Å². The van der Waals surface area contributed by atoms with E-state index in [1.165, 1.54) is 0 Å². The van der Waals surface area contributed by atoms with Gasteiger partial charge in [0.05, 0.1) is 5.41 Å². The Morgan fingerprint density at radius 2 is 1.84 bits per heavy atom. The normalized spacial score (nSPS) is 18.1. The number of rotatable bonds is 3. The van der Waals surface area contributed by atoms with Gasteiger partial charge in [0.25, 0.3) is 0 Å². The number of piperidine rings is 1. The summed E-state index contributed by atoms with van der Waals surface area (Å²) in [5.41, 5.74) is -0.262. The standard InChI is InChI=1S/C14H18F2N2O/c1-2-14(3-5-17-6-4-14)13(19)18-12-8-10(15)7-11(16)9-12/h7-9,17H,2-6H2,1H3,(H,18,19). The molecule has 5 heteroatoms. The number of hydrogen-bond acceptors (Lipinski definition) is 2. The van der Waals surface area contributed by atoms with Gasteiger partial charge in [0, 0.05) is 11.8 Å². The van der Waals surface area contributed by atoms with Crippen LogP contribution in [0.1, 0.15) is 26.2 Å². The zero-order valence-corrected chi connectivity index (χ0v) is 10.9. The summed E-state index contributed by atoms with van der Waals surface area (Å²) < 4.78 is 26.2. The summed E-state index contributed by atoms with van der Waals surface area (Å²) in [4.78, 5) is 12.4. The average molecular weight is 268 g/mol. The minimum atomic E-state index is -0.689. The maximum Gasteiger partial charge on any atom is 0.230 e. The summed E-state index contributed by atoms with van der Waals surface area (Å²) in [6.45, 7) is 3.55. The molecule has 0 atom stereocenters. The first kappa shape index (κ1) is 13.9. The molecule has 1 fully saturated rings. The molecule has 2 N–H and O–H groups in total. The maximum atomic E-state index is 13.1. The Balaban J connectivity index is 2.14. The third-order valence-corrected chi connectivity index (χ3v) is 3.84. The number of benzene rings is 1. The number of anilines is 1. The van der Waals surface area contributed by atoms with Crippen LogP contribution < -0.4 is 10.6 Å². The molecule has 104 valence electrons. The molecule has 0 bridgehead atoms. The number of halogens is 2. The zero-order valence-electron chi connectivity index (χ0n) is 10.9. The van der Waals surface area contributed by atoms with Crippen molar-refractivity contribution in [1.82, 2.24) is 5.32 Å². The number of amides is 1. The first-order valence-corrected chi connectivity index (χ1v) is 6.54. The zero-order chi connectivity index (χ0) is 13.9. The van der Waals surface area contributed by atoms with Crippen LogP contribution in [0.5, 0.6) is 0 Å². The van der Waals surface area contributed by atoms with E-state index < -0.39 is 17.0 Å². The third kappa shape index (κ3) is 3.10. The van der Waals surface area contributed by atoms with Crippen molar-refractivity contribution in [2.24, 2.45) is 5.41 Å². The molecular weight excluding hydrogens is 250 g/mol. The fourth-order valence-electron chi connectivity index (χ4n) is 2.54. The van der Waals surface area contributed by atoms with Crippen molar-refractivity contribution in [3.63, 3.8) is 0 Å². The fraction of sp³-hybridized carbons (Fsp3) is 0.500. The SMILES string of the molecule is CCC1(C(=O)Nc2cc(F)cc(F)c2)CCNCC1. The van der Waals surface area contributed by atoms with E-state index >= 15 is 0 Å². The molecule has 1 aliphatic heterocycles. The lowest BCUT2D eigenvalue weighted by Gasteiger charge is -2.35. The molecule has 1 aliphatic rings. The maximum absolute atomic E-state index is 13.1. The van der Waals surface area contributed by atoms with Crippen molar-refractivity contribution in [3.8, 4) is 0 Å². The lowest BCUT2D eigenvalue weighted by molar-refractivity contribution is -0.127. The molecule has 0 aromatic heterocycles. The molecule has 1 amide bonds. The first-order chi connectivity index (χ1) is 9.05. The van der Waals surface area contributed by atoms with Crippen LogP contribution in [0.25, 0.3) is 0 Å². The minimum absolute atomic E-state index is 0.151. The van der Waals surface area contributed by atoms with E-state index in [2.05, 4.69) is 10.6 Å². The Bertz CT molecular complexity index is 450. The molecule has 3 nitrogen and oxygen atoms in total. The highest BCUT2D eigenvalue weighted by molar-refractivity contribution is 5.95.